The first-order chi connectivity index (χ1) is 12.8. The summed E-state index contributed by atoms with van der Waals surface area (Å²) in [6.07, 6.45) is 8.80. The number of carboxylic acid groups (broad SMARTS) is 1. The molecule has 0 aromatic heterocycles. The topological polar surface area (TPSA) is 69.6 Å². The van der Waals surface area contributed by atoms with Gasteiger partial charge in [0.05, 0.1) is 0 Å². The summed E-state index contributed by atoms with van der Waals surface area (Å²) in [5, 5.41) is 12.4. The standard InChI is InChI=1S/C22H36N2O3/c1-5-7-8-9-10-11-12-16-20(25)23-18-14-13-15-19(17-18)24(6-2)22(3,4)21(26)27/h13-15,17H,5-12,16H2,1-4H3,(H,23,25)(H,26,27). The number of carboxylic acids is 1. The van der Waals surface area contributed by atoms with Gasteiger partial charge in [-0.05, 0) is 45.4 Å². The zero-order chi connectivity index (χ0) is 20.3. The third-order valence-electron chi connectivity index (χ3n) is 4.96. The molecular formula is C22H36N2O3. The molecular weight excluding hydrogens is 340 g/mol. The number of benzene rings is 1. The molecule has 2 N–H and O–H groups in total. The third-order valence-corrected chi connectivity index (χ3v) is 4.96. The lowest BCUT2D eigenvalue weighted by Gasteiger charge is -2.36. The molecule has 0 saturated carbocycles. The van der Waals surface area contributed by atoms with Gasteiger partial charge in [0.25, 0.3) is 0 Å². The van der Waals surface area contributed by atoms with Crippen molar-refractivity contribution < 1.29 is 14.7 Å². The number of carbonyl (C=O) groups excluding carboxylic acids is 1. The van der Waals surface area contributed by atoms with Crippen LogP contribution < -0.4 is 10.2 Å². The van der Waals surface area contributed by atoms with Crippen molar-refractivity contribution in [2.24, 2.45) is 0 Å². The molecule has 0 radical (unpaired) electrons. The number of nitrogens with one attached hydrogen (secondary N) is 1. The molecule has 0 spiro atoms. The smallest absolute Gasteiger partial charge is 0.328 e. The number of amides is 1. The Kier molecular flexibility index (Phi) is 9.90. The van der Waals surface area contributed by atoms with E-state index < -0.39 is 11.5 Å². The van der Waals surface area contributed by atoms with Gasteiger partial charge < -0.3 is 15.3 Å². The number of rotatable bonds is 13. The maximum Gasteiger partial charge on any atom is 0.328 e. The molecule has 0 unspecified atom stereocenters. The predicted molar refractivity (Wildman–Crippen MR) is 112 cm³/mol. The van der Waals surface area contributed by atoms with Crippen molar-refractivity contribution in [1.82, 2.24) is 0 Å². The van der Waals surface area contributed by atoms with Gasteiger partial charge in [0.1, 0.15) is 5.54 Å². The Morgan fingerprint density at radius 2 is 1.67 bits per heavy atom. The second-order valence-corrected chi connectivity index (χ2v) is 7.58. The Morgan fingerprint density at radius 1 is 1.04 bits per heavy atom. The van der Waals surface area contributed by atoms with Crippen LogP contribution in [0.3, 0.4) is 0 Å². The van der Waals surface area contributed by atoms with Crippen LogP contribution in [0.25, 0.3) is 0 Å². The van der Waals surface area contributed by atoms with Crippen molar-refractivity contribution in [2.45, 2.75) is 84.6 Å². The highest BCUT2D eigenvalue weighted by atomic mass is 16.4. The highest BCUT2D eigenvalue weighted by Crippen LogP contribution is 2.27. The van der Waals surface area contributed by atoms with Gasteiger partial charge in [-0.25, -0.2) is 4.79 Å². The number of unbranched alkanes of at least 4 members (excludes halogenated alkanes) is 6. The first-order valence-corrected chi connectivity index (χ1v) is 10.2. The number of hydrogen-bond donors (Lipinski definition) is 2. The van der Waals surface area contributed by atoms with E-state index in [9.17, 15) is 14.7 Å². The van der Waals surface area contributed by atoms with Crippen LogP contribution >= 0.6 is 0 Å². The summed E-state index contributed by atoms with van der Waals surface area (Å²) in [4.78, 5) is 25.6. The predicted octanol–water partition coefficient (Wildman–Crippen LogP) is 5.46. The highest BCUT2D eigenvalue weighted by Gasteiger charge is 2.33. The van der Waals surface area contributed by atoms with E-state index in [1.807, 2.05) is 36.1 Å². The number of aliphatic carboxylic acids is 1. The van der Waals surface area contributed by atoms with E-state index in [2.05, 4.69) is 12.2 Å². The van der Waals surface area contributed by atoms with Crippen molar-refractivity contribution in [3.05, 3.63) is 24.3 Å². The molecule has 152 valence electrons. The average molecular weight is 377 g/mol. The van der Waals surface area contributed by atoms with E-state index in [0.29, 0.717) is 18.7 Å². The van der Waals surface area contributed by atoms with Crippen LogP contribution in [0.15, 0.2) is 24.3 Å². The second-order valence-electron chi connectivity index (χ2n) is 7.58. The molecule has 0 atom stereocenters. The van der Waals surface area contributed by atoms with Gasteiger partial charge in [-0.15, -0.1) is 0 Å². The van der Waals surface area contributed by atoms with E-state index in [1.165, 1.54) is 32.1 Å². The molecule has 0 bridgehead atoms. The van der Waals surface area contributed by atoms with Crippen molar-refractivity contribution in [3.8, 4) is 0 Å². The zero-order valence-corrected chi connectivity index (χ0v) is 17.4. The molecule has 0 aliphatic carbocycles. The van der Waals surface area contributed by atoms with E-state index >= 15 is 0 Å². The zero-order valence-electron chi connectivity index (χ0n) is 17.4. The van der Waals surface area contributed by atoms with Crippen LogP contribution in [0.1, 0.15) is 79.1 Å². The number of likely N-dealkylation sites (N-methyl/N-ethyl adjacent to an activating group) is 1. The lowest BCUT2D eigenvalue weighted by molar-refractivity contribution is -0.142. The first kappa shape index (κ1) is 23.0. The lowest BCUT2D eigenvalue weighted by Crippen LogP contribution is -2.50. The van der Waals surface area contributed by atoms with E-state index in [1.54, 1.807) is 13.8 Å². The van der Waals surface area contributed by atoms with Crippen LogP contribution in [-0.4, -0.2) is 29.1 Å². The summed E-state index contributed by atoms with van der Waals surface area (Å²) < 4.78 is 0. The largest absolute Gasteiger partial charge is 0.480 e. The van der Waals surface area contributed by atoms with Crippen molar-refractivity contribution in [1.29, 1.82) is 0 Å². The van der Waals surface area contributed by atoms with Crippen LogP contribution in [0.5, 0.6) is 0 Å². The molecule has 1 aromatic carbocycles. The Bertz CT molecular complexity index is 599. The minimum absolute atomic E-state index is 0.0150. The Morgan fingerprint density at radius 3 is 2.26 bits per heavy atom. The van der Waals surface area contributed by atoms with Gasteiger partial charge in [-0.2, -0.15) is 0 Å². The van der Waals surface area contributed by atoms with Gasteiger partial charge in [-0.3, -0.25) is 4.79 Å². The van der Waals surface area contributed by atoms with Crippen LogP contribution in [0, 0.1) is 0 Å². The van der Waals surface area contributed by atoms with Gasteiger partial charge in [0.15, 0.2) is 0 Å². The number of nitrogens with zero attached hydrogens (tertiary/aromatic N) is 1. The average Bonchev–Trinajstić information content (AvgIpc) is 2.61. The molecule has 1 rings (SSSR count). The monoisotopic (exact) mass is 376 g/mol. The number of carbonyl (C=O) groups is 2. The van der Waals surface area contributed by atoms with Crippen molar-refractivity contribution in [3.63, 3.8) is 0 Å². The molecule has 5 heteroatoms. The molecule has 1 aromatic rings. The van der Waals surface area contributed by atoms with Crippen molar-refractivity contribution in [2.75, 3.05) is 16.8 Å². The van der Waals surface area contributed by atoms with Crippen molar-refractivity contribution >= 4 is 23.3 Å². The van der Waals surface area contributed by atoms with Crippen LogP contribution in [0.4, 0.5) is 11.4 Å². The molecule has 0 aliphatic rings. The molecule has 0 aliphatic heterocycles. The Balaban J connectivity index is 2.56. The SMILES string of the molecule is CCCCCCCCCC(=O)Nc1cccc(N(CC)C(C)(C)C(=O)O)c1. The summed E-state index contributed by atoms with van der Waals surface area (Å²) in [6, 6.07) is 7.41. The van der Waals surface area contributed by atoms with Gasteiger partial charge in [0, 0.05) is 24.3 Å². The fraction of sp³-hybridized carbons (Fsp3) is 0.636. The van der Waals surface area contributed by atoms with E-state index in [-0.39, 0.29) is 5.91 Å². The lowest BCUT2D eigenvalue weighted by atomic mass is 10.0. The Labute approximate surface area is 164 Å². The maximum atomic E-state index is 12.2. The molecule has 0 saturated heterocycles. The first-order valence-electron chi connectivity index (χ1n) is 10.2. The Hall–Kier alpha value is -2.04. The molecule has 0 fully saturated rings. The maximum absolute atomic E-state index is 12.2. The minimum Gasteiger partial charge on any atom is -0.480 e. The summed E-state index contributed by atoms with van der Waals surface area (Å²) >= 11 is 0. The number of anilines is 2. The summed E-state index contributed by atoms with van der Waals surface area (Å²) in [7, 11) is 0. The molecule has 27 heavy (non-hydrogen) atoms. The fourth-order valence-corrected chi connectivity index (χ4v) is 3.23. The second kappa shape index (κ2) is 11.6. The van der Waals surface area contributed by atoms with E-state index in [4.69, 9.17) is 0 Å². The minimum atomic E-state index is -1.02. The number of hydrogen-bond acceptors (Lipinski definition) is 3. The normalized spacial score (nSPS) is 11.3. The summed E-state index contributed by atoms with van der Waals surface area (Å²) in [5.41, 5.74) is 0.480. The molecule has 1 amide bonds. The molecule has 0 heterocycles. The van der Waals surface area contributed by atoms with Gasteiger partial charge >= 0.3 is 5.97 Å². The van der Waals surface area contributed by atoms with Gasteiger partial charge in [0.2, 0.25) is 5.91 Å². The molecule has 5 nitrogen and oxygen atoms in total. The quantitative estimate of drug-likeness (QED) is 0.449. The fourth-order valence-electron chi connectivity index (χ4n) is 3.23. The van der Waals surface area contributed by atoms with E-state index in [0.717, 1.165) is 18.5 Å². The summed E-state index contributed by atoms with van der Waals surface area (Å²) in [5.74, 6) is -0.862. The van der Waals surface area contributed by atoms with Crippen LogP contribution in [0.2, 0.25) is 0 Å². The van der Waals surface area contributed by atoms with Crippen LogP contribution in [-0.2, 0) is 9.59 Å². The third kappa shape index (κ3) is 7.61. The summed E-state index contributed by atoms with van der Waals surface area (Å²) in [6.45, 7) is 8.07. The van der Waals surface area contributed by atoms with Gasteiger partial charge in [-0.1, -0.05) is 51.5 Å². The highest BCUT2D eigenvalue weighted by molar-refractivity contribution is 5.91.